The van der Waals surface area contributed by atoms with Crippen molar-refractivity contribution >= 4 is 27.9 Å². The maximum atomic E-state index is 13.2. The molecule has 3 aromatic carbocycles. The van der Waals surface area contributed by atoms with Crippen molar-refractivity contribution in [1.29, 1.82) is 0 Å². The molecule has 0 spiro atoms. The smallest absolute Gasteiger partial charge is 0.338 e. The summed E-state index contributed by atoms with van der Waals surface area (Å²) in [6, 6.07) is 16.9. The Morgan fingerprint density at radius 3 is 2.16 bits per heavy atom. The molecule has 0 N–H and O–H groups in total. The quantitative estimate of drug-likeness (QED) is 0.320. The molecule has 0 aliphatic heterocycles. The van der Waals surface area contributed by atoms with Crippen LogP contribution in [0.2, 0.25) is 0 Å². The molecule has 0 amide bonds. The molecule has 0 aliphatic rings. The molecule has 0 bridgehead atoms. The number of hydrogen-bond donors (Lipinski definition) is 0. The average Bonchev–Trinajstić information content (AvgIpc) is 2.79. The maximum absolute atomic E-state index is 13.2. The Kier molecular flexibility index (Phi) is 7.55. The first-order chi connectivity index (χ1) is 15.2. The zero-order valence-corrected chi connectivity index (χ0v) is 19.4. The van der Waals surface area contributed by atoms with Crippen LogP contribution in [-0.2, 0) is 14.8 Å². The molecule has 3 rings (SSSR count). The third-order valence-corrected chi connectivity index (χ3v) is 7.92. The number of rotatable bonds is 8. The fourth-order valence-corrected chi connectivity index (χ4v) is 5.43. The Morgan fingerprint density at radius 2 is 1.59 bits per heavy atom. The SMILES string of the molecule is CCN(Sc1ccc(Oc2ccc(F)cc2)cc1)S(=O)(=O)c1ccc(C)c(C(=O)OC)c1. The minimum absolute atomic E-state index is 0.00844. The number of benzene rings is 3. The highest BCUT2D eigenvalue weighted by molar-refractivity contribution is 8.08. The summed E-state index contributed by atoms with van der Waals surface area (Å²) in [5, 5.41) is 0. The monoisotopic (exact) mass is 475 g/mol. The summed E-state index contributed by atoms with van der Waals surface area (Å²) in [5.41, 5.74) is 0.833. The van der Waals surface area contributed by atoms with Gasteiger partial charge in [-0.05, 0) is 85.1 Å². The van der Waals surface area contributed by atoms with Crippen molar-refractivity contribution in [1.82, 2.24) is 3.71 Å². The highest BCUT2D eigenvalue weighted by Crippen LogP contribution is 2.32. The number of ether oxygens (including phenoxy) is 2. The molecule has 0 heterocycles. The molecule has 32 heavy (non-hydrogen) atoms. The first-order valence-corrected chi connectivity index (χ1v) is 11.9. The molecule has 0 radical (unpaired) electrons. The molecular weight excluding hydrogens is 453 g/mol. The lowest BCUT2D eigenvalue weighted by Gasteiger charge is -2.20. The van der Waals surface area contributed by atoms with Crippen LogP contribution < -0.4 is 4.74 Å². The molecule has 0 atom stereocenters. The summed E-state index contributed by atoms with van der Waals surface area (Å²) >= 11 is 1.06. The highest BCUT2D eigenvalue weighted by Gasteiger charge is 2.26. The van der Waals surface area contributed by atoms with Crippen LogP contribution in [0.5, 0.6) is 11.5 Å². The van der Waals surface area contributed by atoms with Crippen LogP contribution in [0.1, 0.15) is 22.8 Å². The predicted octanol–water partition coefficient (Wildman–Crippen LogP) is 5.43. The topological polar surface area (TPSA) is 72.9 Å². The predicted molar refractivity (Wildman–Crippen MR) is 121 cm³/mol. The van der Waals surface area contributed by atoms with E-state index in [1.165, 1.54) is 47.2 Å². The molecular formula is C23H22FNO5S2. The summed E-state index contributed by atoms with van der Waals surface area (Å²) in [4.78, 5) is 12.6. The number of carbonyl (C=O) groups is 1. The van der Waals surface area contributed by atoms with E-state index in [-0.39, 0.29) is 22.8 Å². The second-order valence-electron chi connectivity index (χ2n) is 6.71. The minimum Gasteiger partial charge on any atom is -0.465 e. The van der Waals surface area contributed by atoms with E-state index in [2.05, 4.69) is 0 Å². The molecule has 0 saturated heterocycles. The first-order valence-electron chi connectivity index (χ1n) is 9.67. The van der Waals surface area contributed by atoms with Gasteiger partial charge in [-0.25, -0.2) is 17.6 Å². The van der Waals surface area contributed by atoms with Crippen LogP contribution >= 0.6 is 11.9 Å². The zero-order valence-electron chi connectivity index (χ0n) is 17.7. The molecule has 6 nitrogen and oxygen atoms in total. The lowest BCUT2D eigenvalue weighted by Crippen LogP contribution is -2.24. The van der Waals surface area contributed by atoms with Gasteiger partial charge in [-0.15, -0.1) is 3.71 Å². The van der Waals surface area contributed by atoms with Crippen LogP contribution in [-0.4, -0.2) is 31.8 Å². The van der Waals surface area contributed by atoms with Gasteiger partial charge < -0.3 is 9.47 Å². The van der Waals surface area contributed by atoms with Crippen molar-refractivity contribution in [3.05, 3.63) is 83.7 Å². The van der Waals surface area contributed by atoms with Gasteiger partial charge in [0.25, 0.3) is 10.0 Å². The van der Waals surface area contributed by atoms with Gasteiger partial charge in [0.1, 0.15) is 17.3 Å². The van der Waals surface area contributed by atoms with Gasteiger partial charge in [-0.3, -0.25) is 0 Å². The number of halogens is 1. The average molecular weight is 476 g/mol. The van der Waals surface area contributed by atoms with Crippen molar-refractivity contribution in [2.75, 3.05) is 13.7 Å². The third kappa shape index (κ3) is 5.48. The fourth-order valence-electron chi connectivity index (χ4n) is 2.82. The number of methoxy groups -OCH3 is 1. The number of hydrogen-bond acceptors (Lipinski definition) is 6. The normalized spacial score (nSPS) is 11.4. The summed E-state index contributed by atoms with van der Waals surface area (Å²) in [7, 11) is -2.62. The number of nitrogens with zero attached hydrogens (tertiary/aromatic N) is 1. The molecule has 3 aromatic rings. The van der Waals surface area contributed by atoms with Gasteiger partial charge in [0, 0.05) is 11.4 Å². The van der Waals surface area contributed by atoms with Crippen molar-refractivity contribution in [3.63, 3.8) is 0 Å². The van der Waals surface area contributed by atoms with Crippen molar-refractivity contribution in [2.24, 2.45) is 0 Å². The number of esters is 1. The maximum Gasteiger partial charge on any atom is 0.338 e. The molecule has 0 saturated carbocycles. The summed E-state index contributed by atoms with van der Waals surface area (Å²) in [5.74, 6) is 0.0858. The largest absolute Gasteiger partial charge is 0.465 e. The van der Waals surface area contributed by atoms with Crippen LogP contribution in [0.4, 0.5) is 4.39 Å². The molecule has 0 unspecified atom stereocenters. The summed E-state index contributed by atoms with van der Waals surface area (Å²) in [6.45, 7) is 3.65. The minimum atomic E-state index is -3.87. The van der Waals surface area contributed by atoms with E-state index >= 15 is 0 Å². The highest BCUT2D eigenvalue weighted by atomic mass is 32.3. The van der Waals surface area contributed by atoms with Gasteiger partial charge in [-0.1, -0.05) is 13.0 Å². The lowest BCUT2D eigenvalue weighted by molar-refractivity contribution is 0.0599. The number of carbonyl (C=O) groups excluding carboxylic acids is 1. The van der Waals surface area contributed by atoms with E-state index in [4.69, 9.17) is 9.47 Å². The summed E-state index contributed by atoms with van der Waals surface area (Å²) in [6.07, 6.45) is 0. The molecule has 0 aliphatic carbocycles. The van der Waals surface area contributed by atoms with E-state index in [0.717, 1.165) is 11.9 Å². The van der Waals surface area contributed by atoms with Gasteiger partial charge in [0.2, 0.25) is 0 Å². The van der Waals surface area contributed by atoms with E-state index in [1.54, 1.807) is 44.2 Å². The van der Waals surface area contributed by atoms with Crippen molar-refractivity contribution in [2.45, 2.75) is 23.6 Å². The van der Waals surface area contributed by atoms with Gasteiger partial charge >= 0.3 is 5.97 Å². The van der Waals surface area contributed by atoms with Gasteiger partial charge in [0.15, 0.2) is 0 Å². The number of sulfonamides is 1. The molecule has 0 fully saturated rings. The Labute approximate surface area is 191 Å². The lowest BCUT2D eigenvalue weighted by atomic mass is 10.1. The van der Waals surface area contributed by atoms with Crippen LogP contribution in [0.25, 0.3) is 0 Å². The van der Waals surface area contributed by atoms with Crippen LogP contribution in [0.15, 0.2) is 76.5 Å². The van der Waals surface area contributed by atoms with Crippen molar-refractivity contribution < 1.29 is 27.1 Å². The first kappa shape index (κ1) is 23.8. The Bertz CT molecular complexity index is 1200. The Morgan fingerprint density at radius 1 is 1.00 bits per heavy atom. The van der Waals surface area contributed by atoms with E-state index in [0.29, 0.717) is 22.0 Å². The Balaban J connectivity index is 1.78. The molecule has 0 aromatic heterocycles. The van der Waals surface area contributed by atoms with E-state index in [9.17, 15) is 17.6 Å². The Hall–Kier alpha value is -2.88. The van der Waals surface area contributed by atoms with Crippen LogP contribution in [0.3, 0.4) is 0 Å². The standard InChI is InChI=1S/C23H22FNO5S2/c1-4-25(32(27,28)21-14-5-16(2)22(15-21)23(26)29-3)31-20-12-10-19(11-13-20)30-18-8-6-17(24)7-9-18/h5-15H,4H2,1-3H3. The fraction of sp³-hybridized carbons (Fsp3) is 0.174. The van der Waals surface area contributed by atoms with Gasteiger partial charge in [0.05, 0.1) is 17.6 Å². The second-order valence-corrected chi connectivity index (χ2v) is 9.90. The zero-order chi connectivity index (χ0) is 23.3. The van der Waals surface area contributed by atoms with Crippen molar-refractivity contribution in [3.8, 4) is 11.5 Å². The van der Waals surface area contributed by atoms with Gasteiger partial charge in [-0.2, -0.15) is 0 Å². The molecule has 9 heteroatoms. The van der Waals surface area contributed by atoms with E-state index in [1.807, 2.05) is 0 Å². The summed E-state index contributed by atoms with van der Waals surface area (Å²) < 4.78 is 51.0. The number of aryl methyl sites for hydroxylation is 1. The van der Waals surface area contributed by atoms with Crippen LogP contribution in [0, 0.1) is 12.7 Å². The second kappa shape index (κ2) is 10.2. The van der Waals surface area contributed by atoms with E-state index < -0.39 is 16.0 Å². The third-order valence-electron chi connectivity index (χ3n) is 4.52. The molecule has 168 valence electrons.